The molecule has 0 saturated heterocycles. The fourth-order valence-electron chi connectivity index (χ4n) is 1.54. The fourth-order valence-corrected chi connectivity index (χ4v) is 2.06. The van der Waals surface area contributed by atoms with E-state index in [-0.39, 0.29) is 11.8 Å². The van der Waals surface area contributed by atoms with E-state index in [9.17, 15) is 9.59 Å². The molecule has 1 heterocycles. The molecular formula is C10H8INO4. The van der Waals surface area contributed by atoms with E-state index in [0.717, 1.165) is 3.11 Å². The number of methoxy groups -OCH3 is 2. The molecule has 6 heteroatoms. The number of carbonyl (C=O) groups excluding carboxylic acids is 2. The van der Waals surface area contributed by atoms with Crippen LogP contribution in [0.4, 0.5) is 0 Å². The van der Waals surface area contributed by atoms with Crippen molar-refractivity contribution in [3.8, 4) is 11.5 Å². The third-order valence-corrected chi connectivity index (χ3v) is 3.22. The third-order valence-electron chi connectivity index (χ3n) is 2.34. The van der Waals surface area contributed by atoms with E-state index in [4.69, 9.17) is 9.47 Å². The minimum absolute atomic E-state index is 0.332. The molecule has 1 aromatic carbocycles. The van der Waals surface area contributed by atoms with E-state index in [2.05, 4.69) is 0 Å². The van der Waals surface area contributed by atoms with E-state index in [1.54, 1.807) is 22.9 Å². The second kappa shape index (κ2) is 3.93. The van der Waals surface area contributed by atoms with E-state index < -0.39 is 0 Å². The van der Waals surface area contributed by atoms with Crippen molar-refractivity contribution < 1.29 is 19.1 Å². The molecule has 16 heavy (non-hydrogen) atoms. The lowest BCUT2D eigenvalue weighted by molar-refractivity contribution is 0.0796. The number of benzene rings is 1. The number of hydrogen-bond acceptors (Lipinski definition) is 4. The number of imide groups is 1. The Morgan fingerprint density at radius 1 is 1.00 bits per heavy atom. The highest BCUT2D eigenvalue weighted by Crippen LogP contribution is 2.35. The van der Waals surface area contributed by atoms with Crippen LogP contribution in [0.25, 0.3) is 0 Å². The zero-order valence-corrected chi connectivity index (χ0v) is 10.8. The first-order valence-electron chi connectivity index (χ1n) is 4.40. The number of halogens is 1. The molecule has 0 aliphatic carbocycles. The van der Waals surface area contributed by atoms with Crippen LogP contribution in [-0.4, -0.2) is 29.1 Å². The summed E-state index contributed by atoms with van der Waals surface area (Å²) in [6, 6.07) is 3.04. The Balaban J connectivity index is 2.64. The number of carbonyl (C=O) groups is 2. The number of ether oxygens (including phenoxy) is 2. The summed E-state index contributed by atoms with van der Waals surface area (Å²) in [6.45, 7) is 0. The fraction of sp³-hybridized carbons (Fsp3) is 0.200. The molecule has 1 aliphatic heterocycles. The maximum Gasteiger partial charge on any atom is 0.270 e. The van der Waals surface area contributed by atoms with Gasteiger partial charge in [-0.1, -0.05) is 0 Å². The monoisotopic (exact) mass is 333 g/mol. The summed E-state index contributed by atoms with van der Waals surface area (Å²) < 4.78 is 11.2. The van der Waals surface area contributed by atoms with Crippen LogP contribution in [0.15, 0.2) is 12.1 Å². The highest BCUT2D eigenvalue weighted by atomic mass is 127. The second-order valence-electron chi connectivity index (χ2n) is 3.14. The standard InChI is InChI=1S/C10H8INO4/c1-15-7-3-5-6(4-8(7)16-2)10(14)12(11)9(5)13/h3-4H,1-2H3. The molecule has 84 valence electrons. The van der Waals surface area contributed by atoms with Crippen molar-refractivity contribution in [3.63, 3.8) is 0 Å². The number of hydrogen-bond donors (Lipinski definition) is 0. The number of nitrogens with zero attached hydrogens (tertiary/aromatic N) is 1. The van der Waals surface area contributed by atoms with Crippen molar-refractivity contribution in [2.45, 2.75) is 0 Å². The smallest absolute Gasteiger partial charge is 0.270 e. The Kier molecular flexibility index (Phi) is 2.75. The van der Waals surface area contributed by atoms with Crippen LogP contribution in [0.5, 0.6) is 11.5 Å². The van der Waals surface area contributed by atoms with Crippen LogP contribution >= 0.6 is 22.9 Å². The predicted octanol–water partition coefficient (Wildman–Crippen LogP) is 1.65. The molecule has 1 aliphatic rings. The lowest BCUT2D eigenvalue weighted by Crippen LogP contribution is -2.17. The van der Waals surface area contributed by atoms with E-state index in [1.165, 1.54) is 26.4 Å². The summed E-state index contributed by atoms with van der Waals surface area (Å²) in [4.78, 5) is 23.4. The Morgan fingerprint density at radius 2 is 1.38 bits per heavy atom. The summed E-state index contributed by atoms with van der Waals surface area (Å²) >= 11 is 1.68. The molecule has 5 nitrogen and oxygen atoms in total. The van der Waals surface area contributed by atoms with Gasteiger partial charge < -0.3 is 9.47 Å². The summed E-state index contributed by atoms with van der Waals surface area (Å²) in [6.07, 6.45) is 0. The maximum absolute atomic E-state index is 11.7. The first-order valence-corrected chi connectivity index (χ1v) is 5.37. The largest absolute Gasteiger partial charge is 0.493 e. The maximum atomic E-state index is 11.7. The molecule has 0 spiro atoms. The Hall–Kier alpha value is -1.31. The SMILES string of the molecule is COc1cc2c(cc1OC)C(=O)N(I)C2=O. The highest BCUT2D eigenvalue weighted by Gasteiger charge is 2.35. The van der Waals surface area contributed by atoms with Crippen molar-refractivity contribution in [2.24, 2.45) is 0 Å². The average molecular weight is 333 g/mol. The van der Waals surface area contributed by atoms with Gasteiger partial charge in [0.1, 0.15) is 0 Å². The van der Waals surface area contributed by atoms with Crippen LogP contribution in [0.2, 0.25) is 0 Å². The van der Waals surface area contributed by atoms with Gasteiger partial charge in [0.2, 0.25) is 0 Å². The Morgan fingerprint density at radius 3 is 1.69 bits per heavy atom. The van der Waals surface area contributed by atoms with Gasteiger partial charge >= 0.3 is 0 Å². The van der Waals surface area contributed by atoms with Gasteiger partial charge in [-0.3, -0.25) is 9.59 Å². The third kappa shape index (κ3) is 1.44. The van der Waals surface area contributed by atoms with Crippen molar-refractivity contribution in [3.05, 3.63) is 23.3 Å². The molecule has 2 amide bonds. The van der Waals surface area contributed by atoms with Gasteiger partial charge in [0.25, 0.3) is 11.8 Å². The lowest BCUT2D eigenvalue weighted by Gasteiger charge is -2.07. The van der Waals surface area contributed by atoms with Crippen LogP contribution < -0.4 is 9.47 Å². The van der Waals surface area contributed by atoms with Gasteiger partial charge in [0.05, 0.1) is 48.2 Å². The number of fused-ring (bicyclic) bond motifs is 1. The molecule has 0 atom stereocenters. The quantitative estimate of drug-likeness (QED) is 0.469. The van der Waals surface area contributed by atoms with Crippen LogP contribution in [-0.2, 0) is 0 Å². The molecule has 0 radical (unpaired) electrons. The van der Waals surface area contributed by atoms with E-state index in [1.807, 2.05) is 0 Å². The van der Waals surface area contributed by atoms with Crippen molar-refractivity contribution in [1.82, 2.24) is 3.11 Å². The molecule has 0 bridgehead atoms. The minimum atomic E-state index is -0.332. The molecule has 0 aromatic heterocycles. The molecule has 2 rings (SSSR count). The van der Waals surface area contributed by atoms with Crippen LogP contribution in [0.3, 0.4) is 0 Å². The lowest BCUT2D eigenvalue weighted by atomic mass is 10.1. The van der Waals surface area contributed by atoms with Gasteiger partial charge in [0.15, 0.2) is 11.5 Å². The van der Waals surface area contributed by atoms with E-state index in [0.29, 0.717) is 22.6 Å². The van der Waals surface area contributed by atoms with Gasteiger partial charge in [-0.05, 0) is 12.1 Å². The predicted molar refractivity (Wildman–Crippen MR) is 64.1 cm³/mol. The van der Waals surface area contributed by atoms with Crippen LogP contribution in [0, 0.1) is 0 Å². The van der Waals surface area contributed by atoms with Gasteiger partial charge in [0, 0.05) is 0 Å². The molecule has 1 aromatic rings. The zero-order chi connectivity index (χ0) is 11.9. The van der Waals surface area contributed by atoms with Gasteiger partial charge in [-0.2, -0.15) is 0 Å². The summed E-state index contributed by atoms with van der Waals surface area (Å²) in [5, 5.41) is 0. The minimum Gasteiger partial charge on any atom is -0.493 e. The zero-order valence-electron chi connectivity index (χ0n) is 8.61. The average Bonchev–Trinajstić information content (AvgIpc) is 2.52. The first kappa shape index (κ1) is 11.2. The topological polar surface area (TPSA) is 55.8 Å². The summed E-state index contributed by atoms with van der Waals surface area (Å²) in [5.74, 6) is 0.214. The first-order chi connectivity index (χ1) is 7.60. The summed E-state index contributed by atoms with van der Waals surface area (Å²) in [7, 11) is 2.96. The summed E-state index contributed by atoms with van der Waals surface area (Å²) in [5.41, 5.74) is 0.689. The molecule has 0 fully saturated rings. The Bertz CT molecular complexity index is 443. The van der Waals surface area contributed by atoms with E-state index >= 15 is 0 Å². The second-order valence-corrected chi connectivity index (χ2v) is 4.11. The molecule has 0 saturated carbocycles. The van der Waals surface area contributed by atoms with Gasteiger partial charge in [-0.25, -0.2) is 3.11 Å². The van der Waals surface area contributed by atoms with Crippen molar-refractivity contribution in [1.29, 1.82) is 0 Å². The molecule has 0 N–H and O–H groups in total. The van der Waals surface area contributed by atoms with Gasteiger partial charge in [-0.15, -0.1) is 0 Å². The highest BCUT2D eigenvalue weighted by molar-refractivity contribution is 14.1. The van der Waals surface area contributed by atoms with Crippen LogP contribution in [0.1, 0.15) is 20.7 Å². The Labute approximate surface area is 106 Å². The normalized spacial score (nSPS) is 14.1. The molecular weight excluding hydrogens is 325 g/mol. The molecule has 0 unspecified atom stereocenters. The number of amides is 2. The van der Waals surface area contributed by atoms with Crippen molar-refractivity contribution >= 4 is 34.7 Å². The van der Waals surface area contributed by atoms with Crippen molar-refractivity contribution in [2.75, 3.05) is 14.2 Å². The number of rotatable bonds is 2.